The summed E-state index contributed by atoms with van der Waals surface area (Å²) in [6.07, 6.45) is 5.02. The number of ether oxygens (including phenoxy) is 2. The number of thiol groups is 1. The van der Waals surface area contributed by atoms with Crippen molar-refractivity contribution in [2.45, 2.75) is 44.8 Å². The Morgan fingerprint density at radius 3 is 2.79 bits per heavy atom. The molecule has 6 nitrogen and oxygen atoms in total. The van der Waals surface area contributed by atoms with Crippen LogP contribution in [0.4, 0.5) is 4.79 Å². The van der Waals surface area contributed by atoms with Crippen molar-refractivity contribution in [1.29, 1.82) is 0 Å². The molecule has 1 aliphatic rings. The summed E-state index contributed by atoms with van der Waals surface area (Å²) in [6, 6.07) is 5.38. The van der Waals surface area contributed by atoms with Crippen molar-refractivity contribution in [1.82, 2.24) is 9.55 Å². The van der Waals surface area contributed by atoms with Crippen LogP contribution in [0.5, 0.6) is 0 Å². The number of carbonyl (C=O) groups excluding carboxylic acids is 2. The molecular weight excluding hydrogens is 328 g/mol. The van der Waals surface area contributed by atoms with E-state index < -0.39 is 6.09 Å². The van der Waals surface area contributed by atoms with Gasteiger partial charge in [-0.15, -0.1) is 0 Å². The number of fused-ring (bicyclic) bond motifs is 1. The van der Waals surface area contributed by atoms with Crippen molar-refractivity contribution in [2.75, 3.05) is 5.75 Å². The first-order valence-corrected chi connectivity index (χ1v) is 8.60. The number of esters is 1. The van der Waals surface area contributed by atoms with E-state index in [0.717, 1.165) is 31.2 Å². The van der Waals surface area contributed by atoms with E-state index in [1.54, 1.807) is 18.2 Å². The summed E-state index contributed by atoms with van der Waals surface area (Å²) in [5.74, 6) is -0.334. The molecular formula is C17H20N2O4S. The van der Waals surface area contributed by atoms with Gasteiger partial charge in [0, 0.05) is 0 Å². The number of benzene rings is 1. The van der Waals surface area contributed by atoms with Gasteiger partial charge in [0.25, 0.3) is 0 Å². The number of carbonyl (C=O) groups is 2. The lowest BCUT2D eigenvalue weighted by Gasteiger charge is -2.23. The molecule has 1 aliphatic carbocycles. The van der Waals surface area contributed by atoms with Crippen LogP contribution in [0.15, 0.2) is 24.5 Å². The Morgan fingerprint density at radius 1 is 1.33 bits per heavy atom. The lowest BCUT2D eigenvalue weighted by atomic mass is 10.1. The van der Waals surface area contributed by atoms with E-state index in [1.165, 1.54) is 10.9 Å². The summed E-state index contributed by atoms with van der Waals surface area (Å²) in [5.41, 5.74) is 1.75. The van der Waals surface area contributed by atoms with Gasteiger partial charge in [0.15, 0.2) is 0 Å². The highest BCUT2D eigenvalue weighted by Gasteiger charge is 2.33. The maximum absolute atomic E-state index is 12.4. The highest BCUT2D eigenvalue weighted by Crippen LogP contribution is 2.33. The van der Waals surface area contributed by atoms with Crippen LogP contribution in [0.25, 0.3) is 11.0 Å². The van der Waals surface area contributed by atoms with Crippen molar-refractivity contribution < 1.29 is 19.1 Å². The molecule has 1 fully saturated rings. The van der Waals surface area contributed by atoms with Crippen LogP contribution in [-0.4, -0.2) is 33.0 Å². The Hall–Kier alpha value is -2.02. The summed E-state index contributed by atoms with van der Waals surface area (Å²) >= 11 is 3.86. The first kappa shape index (κ1) is 16.8. The summed E-state index contributed by atoms with van der Waals surface area (Å²) in [4.78, 5) is 27.9. The fourth-order valence-electron chi connectivity index (χ4n) is 2.99. The van der Waals surface area contributed by atoms with E-state index in [1.807, 2.05) is 6.92 Å². The van der Waals surface area contributed by atoms with Gasteiger partial charge in [0.05, 0.1) is 16.8 Å². The van der Waals surface area contributed by atoms with Crippen LogP contribution >= 0.6 is 12.6 Å². The van der Waals surface area contributed by atoms with Gasteiger partial charge in [-0.1, -0.05) is 6.07 Å². The van der Waals surface area contributed by atoms with Crippen molar-refractivity contribution in [2.24, 2.45) is 0 Å². The Bertz CT molecular complexity index is 765. The molecule has 0 unspecified atom stereocenters. The molecule has 0 spiro atoms. The van der Waals surface area contributed by atoms with Crippen molar-refractivity contribution >= 4 is 35.7 Å². The second kappa shape index (κ2) is 6.84. The largest absolute Gasteiger partial charge is 0.460 e. The van der Waals surface area contributed by atoms with Crippen LogP contribution in [0.2, 0.25) is 0 Å². The number of hydrogen-bond donors (Lipinski definition) is 1. The molecule has 3 rings (SSSR count). The fourth-order valence-corrected chi connectivity index (χ4v) is 3.08. The minimum atomic E-state index is -0.406. The van der Waals surface area contributed by atoms with Crippen LogP contribution < -0.4 is 0 Å². The van der Waals surface area contributed by atoms with Crippen molar-refractivity contribution in [3.63, 3.8) is 0 Å². The minimum absolute atomic E-state index is 0.0431. The Morgan fingerprint density at radius 2 is 2.08 bits per heavy atom. The van der Waals surface area contributed by atoms with Gasteiger partial charge in [0.2, 0.25) is 0 Å². The SMILES string of the molecule is CC1(OC(=O)n2cnc3cc(COC(=O)CS)ccc32)CCCC1. The number of aromatic nitrogens is 2. The molecule has 0 saturated heterocycles. The van der Waals surface area contributed by atoms with Crippen LogP contribution in [0.3, 0.4) is 0 Å². The number of imidazole rings is 1. The second-order valence-corrected chi connectivity index (χ2v) is 6.60. The molecule has 2 aromatic rings. The smallest absolute Gasteiger partial charge is 0.420 e. The summed E-state index contributed by atoms with van der Waals surface area (Å²) in [5, 5.41) is 0. The lowest BCUT2D eigenvalue weighted by Crippen LogP contribution is -2.30. The maximum Gasteiger partial charge on any atom is 0.420 e. The van der Waals surface area contributed by atoms with E-state index in [4.69, 9.17) is 9.47 Å². The Kier molecular flexibility index (Phi) is 4.80. The third-order valence-corrected chi connectivity index (χ3v) is 4.59. The fraction of sp³-hybridized carbons (Fsp3) is 0.471. The molecule has 24 heavy (non-hydrogen) atoms. The molecule has 0 amide bonds. The molecule has 1 aromatic heterocycles. The maximum atomic E-state index is 12.4. The Balaban J connectivity index is 1.75. The number of rotatable bonds is 4. The molecule has 0 bridgehead atoms. The highest BCUT2D eigenvalue weighted by molar-refractivity contribution is 7.81. The first-order valence-electron chi connectivity index (χ1n) is 7.96. The zero-order chi connectivity index (χ0) is 17.2. The van der Waals surface area contributed by atoms with Gasteiger partial charge in [-0.25, -0.2) is 14.3 Å². The van der Waals surface area contributed by atoms with E-state index in [2.05, 4.69) is 17.6 Å². The monoisotopic (exact) mass is 348 g/mol. The molecule has 128 valence electrons. The third kappa shape index (κ3) is 3.56. The van der Waals surface area contributed by atoms with Gasteiger partial charge in [-0.3, -0.25) is 4.79 Å². The predicted molar refractivity (Wildman–Crippen MR) is 92.1 cm³/mol. The molecule has 0 aliphatic heterocycles. The average Bonchev–Trinajstić information content (AvgIpc) is 3.18. The molecule has 0 radical (unpaired) electrons. The molecule has 0 N–H and O–H groups in total. The van der Waals surface area contributed by atoms with Gasteiger partial charge in [-0.2, -0.15) is 12.6 Å². The molecule has 7 heteroatoms. The topological polar surface area (TPSA) is 70.4 Å². The zero-order valence-electron chi connectivity index (χ0n) is 13.5. The quantitative estimate of drug-likeness (QED) is 0.678. The van der Waals surface area contributed by atoms with Crippen molar-refractivity contribution in [3.05, 3.63) is 30.1 Å². The second-order valence-electron chi connectivity index (χ2n) is 6.28. The zero-order valence-corrected chi connectivity index (χ0v) is 14.4. The molecule has 1 heterocycles. The van der Waals surface area contributed by atoms with Crippen LogP contribution in [0, 0.1) is 0 Å². The summed E-state index contributed by atoms with van der Waals surface area (Å²) < 4.78 is 12.1. The summed E-state index contributed by atoms with van der Waals surface area (Å²) in [7, 11) is 0. The van der Waals surface area contributed by atoms with E-state index in [0.29, 0.717) is 11.0 Å². The standard InChI is InChI=1S/C17H20N2O4S/c1-17(6-2-3-7-17)23-16(21)19-11-18-13-8-12(4-5-14(13)19)9-22-15(20)10-24/h4-5,8,11,24H,2-3,6-7,9-10H2,1H3. The third-order valence-electron chi connectivity index (χ3n) is 4.33. The molecule has 1 aromatic carbocycles. The first-order chi connectivity index (χ1) is 11.5. The normalized spacial score (nSPS) is 16.2. The van der Waals surface area contributed by atoms with Gasteiger partial charge in [-0.05, 0) is 50.3 Å². The lowest BCUT2D eigenvalue weighted by molar-refractivity contribution is -0.141. The van der Waals surface area contributed by atoms with E-state index in [-0.39, 0.29) is 23.9 Å². The summed E-state index contributed by atoms with van der Waals surface area (Å²) in [6.45, 7) is 2.13. The van der Waals surface area contributed by atoms with Crippen molar-refractivity contribution in [3.8, 4) is 0 Å². The predicted octanol–water partition coefficient (Wildman–Crippen LogP) is 3.33. The average molecular weight is 348 g/mol. The van der Waals surface area contributed by atoms with Crippen LogP contribution in [0.1, 0.15) is 38.2 Å². The highest BCUT2D eigenvalue weighted by atomic mass is 32.1. The van der Waals surface area contributed by atoms with E-state index >= 15 is 0 Å². The van der Waals surface area contributed by atoms with Gasteiger partial charge in [0.1, 0.15) is 18.5 Å². The molecule has 0 atom stereocenters. The van der Waals surface area contributed by atoms with E-state index in [9.17, 15) is 9.59 Å². The Labute approximate surface area is 145 Å². The number of nitrogens with zero attached hydrogens (tertiary/aromatic N) is 2. The molecule has 1 saturated carbocycles. The van der Waals surface area contributed by atoms with Gasteiger partial charge >= 0.3 is 12.1 Å². The van der Waals surface area contributed by atoms with Crippen LogP contribution in [-0.2, 0) is 20.9 Å². The van der Waals surface area contributed by atoms with Gasteiger partial charge < -0.3 is 9.47 Å². The minimum Gasteiger partial charge on any atom is -0.460 e. The number of hydrogen-bond acceptors (Lipinski definition) is 6.